The number of carboxylic acids is 1. The van der Waals surface area contributed by atoms with Gasteiger partial charge in [-0.2, -0.15) is 0 Å². The van der Waals surface area contributed by atoms with Crippen LogP contribution in [0.2, 0.25) is 0 Å². The van der Waals surface area contributed by atoms with Gasteiger partial charge in [0, 0.05) is 6.42 Å². The van der Waals surface area contributed by atoms with Crippen molar-refractivity contribution < 1.29 is 54.5 Å². The Bertz CT molecular complexity index is 447. The van der Waals surface area contributed by atoms with Crippen molar-refractivity contribution in [3.05, 3.63) is 0 Å². The minimum atomic E-state index is -1.87. The zero-order valence-corrected chi connectivity index (χ0v) is 13.9. The first-order valence-electron chi connectivity index (χ1n) is 7.68. The normalized spacial score (nSPS) is 18.2. The summed E-state index contributed by atoms with van der Waals surface area (Å²) in [4.78, 5) is 33.5. The molecule has 0 bridgehead atoms. The van der Waals surface area contributed by atoms with E-state index in [1.165, 1.54) is 0 Å². The second kappa shape index (κ2) is 12.6. The summed E-state index contributed by atoms with van der Waals surface area (Å²) in [6.45, 7) is -2.15. The minimum absolute atomic E-state index is 0.0956. The van der Waals surface area contributed by atoms with Crippen LogP contribution < -0.4 is 5.73 Å². The van der Waals surface area contributed by atoms with Gasteiger partial charge in [0.15, 0.2) is 12.4 Å². The molecule has 12 heteroatoms. The third-order valence-electron chi connectivity index (χ3n) is 3.31. The number of aliphatic carboxylic acids is 1. The highest BCUT2D eigenvalue weighted by Crippen LogP contribution is 2.13. The van der Waals surface area contributed by atoms with E-state index in [0.717, 1.165) is 0 Å². The smallest absolute Gasteiger partial charge is 0.320 e. The number of esters is 1. The van der Waals surface area contributed by atoms with Gasteiger partial charge in [0.1, 0.15) is 30.5 Å². The first kappa shape index (κ1) is 24.3. The Morgan fingerprint density at radius 1 is 1.12 bits per heavy atom. The van der Waals surface area contributed by atoms with Crippen molar-refractivity contribution in [2.45, 2.75) is 49.4 Å². The molecule has 0 rings (SSSR count). The molecule has 12 nitrogen and oxygen atoms in total. The van der Waals surface area contributed by atoms with E-state index in [2.05, 4.69) is 0 Å². The van der Waals surface area contributed by atoms with E-state index >= 15 is 0 Å². The molecule has 1 unspecified atom stereocenters. The van der Waals surface area contributed by atoms with Gasteiger partial charge in [-0.05, 0) is 6.42 Å². The van der Waals surface area contributed by atoms with Crippen molar-refractivity contribution in [2.75, 3.05) is 19.8 Å². The van der Waals surface area contributed by atoms with Crippen LogP contribution in [0.15, 0.2) is 0 Å². The fraction of sp³-hybridized carbons (Fsp3) is 0.786. The first-order valence-corrected chi connectivity index (χ1v) is 7.68. The number of nitrogens with two attached hydrogens (primary N) is 1. The standard InChI is InChI=1S/C14H25NO11/c15-8(14(23)24)1-2-11(21)26-10(5-18)13(12(22)9(20)4-17)25-6-7(19)3-16/h5,7-10,12-13,16-17,19-20,22H,1-4,6,15H2,(H,23,24)/t7?,8-,9+,10-,12+,13+/m0/s1. The summed E-state index contributed by atoms with van der Waals surface area (Å²) in [7, 11) is 0. The number of aliphatic hydroxyl groups is 5. The van der Waals surface area contributed by atoms with Crippen LogP contribution in [0, 0.1) is 0 Å². The molecule has 0 aliphatic rings. The predicted octanol–water partition coefficient (Wildman–Crippen LogP) is -4.26. The highest BCUT2D eigenvalue weighted by Gasteiger charge is 2.36. The number of carbonyl (C=O) groups excluding carboxylic acids is 2. The van der Waals surface area contributed by atoms with Gasteiger partial charge >= 0.3 is 11.9 Å². The minimum Gasteiger partial charge on any atom is -0.480 e. The molecule has 152 valence electrons. The second-order valence-corrected chi connectivity index (χ2v) is 5.45. The molecule has 26 heavy (non-hydrogen) atoms. The van der Waals surface area contributed by atoms with Gasteiger partial charge in [-0.15, -0.1) is 0 Å². The number of aliphatic hydroxyl groups excluding tert-OH is 5. The van der Waals surface area contributed by atoms with E-state index in [0.29, 0.717) is 0 Å². The largest absolute Gasteiger partial charge is 0.480 e. The molecule has 0 amide bonds. The third kappa shape index (κ3) is 8.62. The molecule has 0 aromatic carbocycles. The van der Waals surface area contributed by atoms with Crippen molar-refractivity contribution in [3.8, 4) is 0 Å². The monoisotopic (exact) mass is 383 g/mol. The quantitative estimate of drug-likeness (QED) is 0.112. The van der Waals surface area contributed by atoms with Crippen molar-refractivity contribution in [1.29, 1.82) is 0 Å². The number of carboxylic acid groups (broad SMARTS) is 1. The Morgan fingerprint density at radius 3 is 2.19 bits per heavy atom. The van der Waals surface area contributed by atoms with Gasteiger partial charge in [0.2, 0.25) is 0 Å². The number of aldehydes is 1. The number of rotatable bonds is 14. The van der Waals surface area contributed by atoms with Gasteiger partial charge in [-0.3, -0.25) is 14.4 Å². The highest BCUT2D eigenvalue weighted by atomic mass is 16.6. The molecular formula is C14H25NO11. The van der Waals surface area contributed by atoms with Crippen molar-refractivity contribution >= 4 is 18.2 Å². The first-order chi connectivity index (χ1) is 12.2. The van der Waals surface area contributed by atoms with Crippen LogP contribution in [-0.2, 0) is 23.9 Å². The molecule has 0 saturated carbocycles. The van der Waals surface area contributed by atoms with E-state index in [1.807, 2.05) is 0 Å². The van der Waals surface area contributed by atoms with E-state index in [9.17, 15) is 29.7 Å². The molecule has 0 aromatic rings. The Balaban J connectivity index is 4.99. The lowest BCUT2D eigenvalue weighted by Gasteiger charge is -2.30. The fourth-order valence-corrected chi connectivity index (χ4v) is 1.77. The molecule has 0 aromatic heterocycles. The van der Waals surface area contributed by atoms with Gasteiger partial charge in [-0.1, -0.05) is 0 Å². The molecular weight excluding hydrogens is 358 g/mol. The Morgan fingerprint density at radius 2 is 1.73 bits per heavy atom. The Kier molecular flexibility index (Phi) is 11.8. The number of hydrogen-bond acceptors (Lipinski definition) is 11. The average Bonchev–Trinajstić information content (AvgIpc) is 2.63. The van der Waals surface area contributed by atoms with Crippen LogP contribution in [0.25, 0.3) is 0 Å². The zero-order valence-electron chi connectivity index (χ0n) is 13.9. The molecule has 0 spiro atoms. The topological polar surface area (TPSA) is 217 Å². The molecule has 6 atom stereocenters. The van der Waals surface area contributed by atoms with Crippen molar-refractivity contribution in [3.63, 3.8) is 0 Å². The predicted molar refractivity (Wildman–Crippen MR) is 82.7 cm³/mol. The molecule has 0 aliphatic carbocycles. The number of ether oxygens (including phenoxy) is 2. The van der Waals surface area contributed by atoms with Crippen LogP contribution in [0.3, 0.4) is 0 Å². The summed E-state index contributed by atoms with van der Waals surface area (Å²) in [6, 6.07) is -1.31. The number of carbonyl (C=O) groups is 3. The molecule has 0 saturated heterocycles. The fourth-order valence-electron chi connectivity index (χ4n) is 1.77. The SMILES string of the molecule is N[C@@H](CCC(=O)O[C@@H](C=O)[C@@H](OCC(O)CO)[C@H](O)[C@H](O)CO)C(=O)O. The Hall–Kier alpha value is -1.67. The average molecular weight is 383 g/mol. The van der Waals surface area contributed by atoms with Gasteiger partial charge in [0.25, 0.3) is 0 Å². The molecule has 0 heterocycles. The van der Waals surface area contributed by atoms with Crippen LogP contribution in [0.4, 0.5) is 0 Å². The summed E-state index contributed by atoms with van der Waals surface area (Å²) in [6.07, 6.45) is -8.98. The van der Waals surface area contributed by atoms with Gasteiger partial charge < -0.3 is 45.8 Å². The van der Waals surface area contributed by atoms with E-state index in [4.69, 9.17) is 30.5 Å². The lowest BCUT2D eigenvalue weighted by atomic mass is 10.0. The van der Waals surface area contributed by atoms with E-state index < -0.39 is 74.7 Å². The summed E-state index contributed by atoms with van der Waals surface area (Å²) in [5, 5.41) is 55.0. The molecule has 8 N–H and O–H groups in total. The summed E-state index contributed by atoms with van der Waals surface area (Å²) >= 11 is 0. The van der Waals surface area contributed by atoms with E-state index in [-0.39, 0.29) is 12.7 Å². The van der Waals surface area contributed by atoms with Crippen molar-refractivity contribution in [2.24, 2.45) is 5.73 Å². The molecule has 0 radical (unpaired) electrons. The van der Waals surface area contributed by atoms with Crippen LogP contribution in [0.5, 0.6) is 0 Å². The van der Waals surface area contributed by atoms with Crippen LogP contribution in [0.1, 0.15) is 12.8 Å². The maximum absolute atomic E-state index is 11.7. The lowest BCUT2D eigenvalue weighted by Crippen LogP contribution is -2.50. The van der Waals surface area contributed by atoms with Crippen molar-refractivity contribution in [1.82, 2.24) is 0 Å². The van der Waals surface area contributed by atoms with Gasteiger partial charge in [-0.25, -0.2) is 0 Å². The summed E-state index contributed by atoms with van der Waals surface area (Å²) in [5.74, 6) is -2.34. The molecule has 0 aliphatic heterocycles. The maximum Gasteiger partial charge on any atom is 0.320 e. The number of hydrogen-bond donors (Lipinski definition) is 7. The zero-order chi connectivity index (χ0) is 20.3. The van der Waals surface area contributed by atoms with Crippen LogP contribution in [-0.4, -0.2) is 105 Å². The maximum atomic E-state index is 11.7. The summed E-state index contributed by atoms with van der Waals surface area (Å²) in [5.41, 5.74) is 5.24. The van der Waals surface area contributed by atoms with Gasteiger partial charge in [0.05, 0.1) is 19.8 Å². The molecule has 0 fully saturated rings. The lowest BCUT2D eigenvalue weighted by molar-refractivity contribution is -0.180. The Labute approximate surface area is 148 Å². The van der Waals surface area contributed by atoms with E-state index in [1.54, 1.807) is 0 Å². The highest BCUT2D eigenvalue weighted by molar-refractivity contribution is 5.76. The third-order valence-corrected chi connectivity index (χ3v) is 3.31. The summed E-state index contributed by atoms with van der Waals surface area (Å²) < 4.78 is 9.84. The second-order valence-electron chi connectivity index (χ2n) is 5.45. The van der Waals surface area contributed by atoms with Crippen LogP contribution >= 0.6 is 0 Å².